The molecule has 7 nitrogen and oxygen atoms in total. The van der Waals surface area contributed by atoms with E-state index in [2.05, 4.69) is 149 Å². The highest BCUT2D eigenvalue weighted by Gasteiger charge is 2.65. The summed E-state index contributed by atoms with van der Waals surface area (Å²) in [5, 5.41) is 73.4. The van der Waals surface area contributed by atoms with Crippen molar-refractivity contribution in [1.29, 1.82) is 0 Å². The lowest BCUT2D eigenvalue weighted by Gasteiger charge is -2.59. The van der Waals surface area contributed by atoms with Crippen LogP contribution in [0, 0.1) is 174 Å². The maximum Gasteiger partial charge on any atom is 0.0653 e. The second-order valence-electron chi connectivity index (χ2n) is 49.5. The third-order valence-electron chi connectivity index (χ3n) is 41.3. The molecule has 16 aliphatic rings. The number of aliphatic hydroxyl groups is 7. The highest BCUT2D eigenvalue weighted by atomic mass is 16.3. The molecule has 0 heterocycles. The van der Waals surface area contributed by atoms with E-state index in [0.717, 1.165) is 196 Å². The first-order valence-corrected chi connectivity index (χ1v) is 50.7. The summed E-state index contributed by atoms with van der Waals surface area (Å²) in [7, 11) is 0. The molecule has 33 atom stereocenters. The van der Waals surface area contributed by atoms with Gasteiger partial charge in [0.15, 0.2) is 0 Å². The number of fused-ring (bicyclic) bond motifs is 20. The van der Waals surface area contributed by atoms with Gasteiger partial charge in [-0.1, -0.05) is 209 Å². The van der Waals surface area contributed by atoms with Crippen molar-refractivity contribution in [3.63, 3.8) is 0 Å². The Hall–Kier alpha value is -1.32. The molecule has 0 radical (unpaired) electrons. The lowest BCUT2D eigenvalue weighted by atomic mass is 9.46. The van der Waals surface area contributed by atoms with Gasteiger partial charge in [-0.05, 0) is 425 Å². The summed E-state index contributed by atoms with van der Waals surface area (Å²) in [6.07, 6.45) is 62.3. The molecule has 658 valence electrons. The van der Waals surface area contributed by atoms with Crippen molar-refractivity contribution in [1.82, 2.24) is 0 Å². The minimum Gasteiger partial charge on any atom is -0.393 e. The smallest absolute Gasteiger partial charge is 0.0653 e. The Morgan fingerprint density at radius 2 is 0.635 bits per heavy atom. The van der Waals surface area contributed by atoms with E-state index >= 15 is 0 Å². The van der Waals surface area contributed by atoms with Gasteiger partial charge in [-0.15, -0.1) is 0 Å². The van der Waals surface area contributed by atoms with Crippen LogP contribution in [-0.2, 0) is 0 Å². The zero-order chi connectivity index (χ0) is 83.1. The van der Waals surface area contributed by atoms with E-state index < -0.39 is 11.2 Å². The van der Waals surface area contributed by atoms with Crippen LogP contribution in [0.4, 0.5) is 0 Å². The molecular formula is C108H184O7. The fourth-order valence-corrected chi connectivity index (χ4v) is 34.6. The fourth-order valence-electron chi connectivity index (χ4n) is 34.6. The summed E-state index contributed by atoms with van der Waals surface area (Å²) in [5.41, 5.74) is 8.56. The number of hydrogen-bond donors (Lipinski definition) is 7. The molecule has 0 saturated heterocycles. The van der Waals surface area contributed by atoms with Crippen molar-refractivity contribution in [2.75, 3.05) is 0 Å². The third-order valence-corrected chi connectivity index (χ3v) is 41.3. The molecule has 0 amide bonds. The van der Waals surface area contributed by atoms with Crippen LogP contribution in [0.5, 0.6) is 0 Å². The summed E-state index contributed by atoms with van der Waals surface area (Å²) in [5.74, 6) is 17.5. The first-order valence-electron chi connectivity index (χ1n) is 50.7. The standard InChI is InChI=1S/3C27H46O2.C27H46O/c1-17(2)6-11-25(29)18(3)22-9-10-23-21-8-7-19-16-20(28)12-14-26(19,4)24(21)13-15-27(22,23)5;1-18(7-6-14-25(2,3)29)22-10-11-23-21-9-8-19-17-20(28)12-15-26(19,4)24(21)13-16-27(22,23)5;1-18(2)7-6-14-27(5,29)24-11-10-22-21-9-8-19-17-20(28)12-15-25(19,3)23(21)13-16-26(22,24)4;1-18(2)7-6-8-19(3)23-11-12-24-22-10-9-20-17-21(28)13-15-26(20,4)25(22)14-16-27(23,24)5/h7,17-18,20-25,28-29H,6,8-16H2,1-5H3;2*8,18,20-24,28-29H,6-7,9-17H2,1-5H3;9,18-19,21-25,28H,6-8,10-17H2,1-5H3/t18?,20-,21?,22?,23?,24?,25+,26-,27+;18?,20-,21?,22?,23?,24?,26-,27+;20-,21?,22?,23?,24?,25-,26-,27+;19?,21-,22?,23?,24?,25?,26-,27+/m0000/s1. The SMILES string of the molecule is CC(C)CCCC(C)C1CCC2C3CC=C4C[C@@H](O)CC[C@]4(C)C3CC[C@]12C.CC(C)CCC[C@@](C)(O)C1CCC2C3CC=C4C[C@@H](O)CC[C@]4(C)C3CC[C@@]21C.CC(C)CC[C@@H](O)C(C)C1CCC2C3CC=C4C[C@@H](O)CC[C@]4(C)C3CC[C@@]21C.CC(CCCC(C)(C)O)C1CCC2C3CC=C4C[C@@H](O)CC[C@]4(C)C3CC[C@]12C. The Bertz CT molecular complexity index is 3340. The molecule has 0 spiro atoms. The van der Waals surface area contributed by atoms with Crippen molar-refractivity contribution in [3.05, 3.63) is 46.6 Å². The minimum atomic E-state index is -0.519. The van der Waals surface area contributed by atoms with Crippen molar-refractivity contribution in [2.45, 2.75) is 456 Å². The second kappa shape index (κ2) is 35.6. The molecule has 16 rings (SSSR count). The predicted molar refractivity (Wildman–Crippen MR) is 481 cm³/mol. The number of rotatable bonds is 20. The van der Waals surface area contributed by atoms with E-state index in [1.807, 2.05) is 13.8 Å². The molecule has 16 aliphatic carbocycles. The van der Waals surface area contributed by atoms with Gasteiger partial charge >= 0.3 is 0 Å². The van der Waals surface area contributed by atoms with Gasteiger partial charge in [-0.3, -0.25) is 0 Å². The fraction of sp³-hybridized carbons (Fsp3) is 0.926. The van der Waals surface area contributed by atoms with Crippen LogP contribution in [0.1, 0.15) is 415 Å². The lowest BCUT2D eigenvalue weighted by Crippen LogP contribution is -2.53. The molecular weight excluding hydrogens is 1410 g/mol. The molecule has 115 heavy (non-hydrogen) atoms. The van der Waals surface area contributed by atoms with Gasteiger partial charge in [0, 0.05) is 0 Å². The Balaban J connectivity index is 0.000000134. The van der Waals surface area contributed by atoms with Crippen molar-refractivity contribution in [3.8, 4) is 0 Å². The molecule has 0 bridgehead atoms. The van der Waals surface area contributed by atoms with E-state index in [1.165, 1.54) is 186 Å². The summed E-state index contributed by atoms with van der Waals surface area (Å²) in [6, 6.07) is 0. The zero-order valence-corrected chi connectivity index (χ0v) is 78.4. The van der Waals surface area contributed by atoms with Gasteiger partial charge in [0.2, 0.25) is 0 Å². The van der Waals surface area contributed by atoms with Crippen LogP contribution in [0.2, 0.25) is 0 Å². The van der Waals surface area contributed by atoms with E-state index in [4.69, 9.17) is 0 Å². The first kappa shape index (κ1) is 91.4. The van der Waals surface area contributed by atoms with E-state index in [0.29, 0.717) is 67.0 Å². The van der Waals surface area contributed by atoms with Crippen LogP contribution in [0.3, 0.4) is 0 Å². The van der Waals surface area contributed by atoms with Gasteiger partial charge in [-0.2, -0.15) is 0 Å². The quantitative estimate of drug-likeness (QED) is 0.0602. The molecule has 7 heteroatoms. The van der Waals surface area contributed by atoms with Crippen LogP contribution < -0.4 is 0 Å². The Morgan fingerprint density at radius 3 is 0.991 bits per heavy atom. The molecule has 19 unspecified atom stereocenters. The average Bonchev–Trinajstić information content (AvgIpc) is 1.63. The minimum absolute atomic E-state index is 0.0766. The highest BCUT2D eigenvalue weighted by Crippen LogP contribution is 2.73. The third kappa shape index (κ3) is 17.9. The molecule has 0 aromatic carbocycles. The zero-order valence-electron chi connectivity index (χ0n) is 78.4. The van der Waals surface area contributed by atoms with Crippen LogP contribution in [0.15, 0.2) is 46.6 Å². The monoisotopic (exact) mass is 1590 g/mol. The molecule has 0 aliphatic heterocycles. The van der Waals surface area contributed by atoms with Crippen molar-refractivity contribution >= 4 is 0 Å². The molecule has 0 aromatic rings. The largest absolute Gasteiger partial charge is 0.393 e. The predicted octanol–water partition coefficient (Wildman–Crippen LogP) is 26.8. The summed E-state index contributed by atoms with van der Waals surface area (Å²) >= 11 is 0. The second-order valence-corrected chi connectivity index (χ2v) is 49.5. The average molecular weight is 1590 g/mol. The summed E-state index contributed by atoms with van der Waals surface area (Å²) < 4.78 is 0. The van der Waals surface area contributed by atoms with Crippen molar-refractivity contribution in [2.24, 2.45) is 174 Å². The molecule has 0 aromatic heterocycles. The highest BCUT2D eigenvalue weighted by molar-refractivity contribution is 5.30. The van der Waals surface area contributed by atoms with Crippen LogP contribution in [0.25, 0.3) is 0 Å². The van der Waals surface area contributed by atoms with Gasteiger partial charge in [-0.25, -0.2) is 0 Å². The van der Waals surface area contributed by atoms with Gasteiger partial charge < -0.3 is 35.7 Å². The lowest BCUT2D eigenvalue weighted by molar-refractivity contribution is -0.105. The topological polar surface area (TPSA) is 142 Å². The maximum absolute atomic E-state index is 11.6. The van der Waals surface area contributed by atoms with E-state index in [-0.39, 0.29) is 30.5 Å². The van der Waals surface area contributed by atoms with Crippen LogP contribution in [-0.4, -0.2) is 77.5 Å². The summed E-state index contributed by atoms with van der Waals surface area (Å²) in [4.78, 5) is 0. The molecule has 12 fully saturated rings. The summed E-state index contributed by atoms with van der Waals surface area (Å²) in [6.45, 7) is 47.9. The van der Waals surface area contributed by atoms with Crippen LogP contribution >= 0.6 is 0 Å². The molecule has 12 saturated carbocycles. The van der Waals surface area contributed by atoms with E-state index in [1.54, 1.807) is 22.3 Å². The number of aliphatic hydroxyl groups excluding tert-OH is 5. The van der Waals surface area contributed by atoms with Gasteiger partial charge in [0.1, 0.15) is 0 Å². The maximum atomic E-state index is 11.6. The van der Waals surface area contributed by atoms with Gasteiger partial charge in [0.25, 0.3) is 0 Å². The number of allylic oxidation sites excluding steroid dienone is 4. The van der Waals surface area contributed by atoms with Gasteiger partial charge in [0.05, 0.1) is 41.7 Å². The number of hydrogen-bond acceptors (Lipinski definition) is 7. The molecule has 7 N–H and O–H groups in total. The Morgan fingerprint density at radius 1 is 0.330 bits per heavy atom. The normalized spacial score (nSPS) is 46.3. The van der Waals surface area contributed by atoms with E-state index in [9.17, 15) is 35.7 Å². The Labute approximate surface area is 708 Å². The first-order chi connectivity index (χ1) is 54.0. The Kier molecular flexibility index (Phi) is 28.3. The van der Waals surface area contributed by atoms with Crippen molar-refractivity contribution < 1.29 is 35.7 Å².